The summed E-state index contributed by atoms with van der Waals surface area (Å²) in [6.45, 7) is 4.23. The first-order valence-electron chi connectivity index (χ1n) is 7.98. The molecule has 4 heteroatoms. The summed E-state index contributed by atoms with van der Waals surface area (Å²) < 4.78 is 1.70. The van der Waals surface area contributed by atoms with Gasteiger partial charge in [0.25, 0.3) is 0 Å². The van der Waals surface area contributed by atoms with Crippen LogP contribution in [-0.2, 0) is 4.79 Å². The van der Waals surface area contributed by atoms with Gasteiger partial charge in [0.05, 0.1) is 17.0 Å². The van der Waals surface area contributed by atoms with E-state index in [1.165, 1.54) is 0 Å². The van der Waals surface area contributed by atoms with Crippen LogP contribution in [-0.4, -0.2) is 15.6 Å². The average Bonchev–Trinajstić information content (AvgIpc) is 2.99. The number of nitrogens with one attached hydrogen (secondary N) is 1. The van der Waals surface area contributed by atoms with Gasteiger partial charge in [0.2, 0.25) is 5.91 Å². The van der Waals surface area contributed by atoms with Crippen LogP contribution in [0.3, 0.4) is 0 Å². The largest absolute Gasteiger partial charge is 0.273 e. The maximum absolute atomic E-state index is 12.9. The van der Waals surface area contributed by atoms with E-state index in [9.17, 15) is 4.79 Å². The van der Waals surface area contributed by atoms with Crippen molar-refractivity contribution in [1.29, 1.82) is 0 Å². The molecule has 3 aromatic rings. The number of benzene rings is 2. The lowest BCUT2D eigenvalue weighted by Crippen LogP contribution is -2.31. The van der Waals surface area contributed by atoms with Crippen LogP contribution in [0.1, 0.15) is 31.7 Å². The Hall–Kier alpha value is -2.62. The molecule has 0 aliphatic rings. The van der Waals surface area contributed by atoms with Gasteiger partial charge in [-0.25, -0.2) is 9.66 Å². The Bertz CT molecular complexity index is 794. The van der Waals surface area contributed by atoms with E-state index >= 15 is 0 Å². The topological polar surface area (TPSA) is 46.9 Å². The van der Waals surface area contributed by atoms with Gasteiger partial charge in [-0.15, -0.1) is 0 Å². The molecule has 0 spiro atoms. The first-order chi connectivity index (χ1) is 11.2. The molecule has 2 atom stereocenters. The molecule has 0 aliphatic carbocycles. The molecule has 0 fully saturated rings. The van der Waals surface area contributed by atoms with Crippen LogP contribution in [0.2, 0.25) is 0 Å². The SMILES string of the molecule is CCC(C)C(C(=O)Nn1cnc2ccccc21)c1ccccc1. The number of nitrogens with zero attached hydrogens (tertiary/aromatic N) is 2. The molecule has 118 valence electrons. The molecule has 0 saturated carbocycles. The Morgan fingerprint density at radius 3 is 2.57 bits per heavy atom. The Kier molecular flexibility index (Phi) is 4.42. The molecule has 1 aromatic heterocycles. The third-order valence-electron chi connectivity index (χ3n) is 4.34. The maximum atomic E-state index is 12.9. The Morgan fingerprint density at radius 2 is 1.83 bits per heavy atom. The number of hydrogen-bond acceptors (Lipinski definition) is 2. The Labute approximate surface area is 136 Å². The van der Waals surface area contributed by atoms with E-state index in [4.69, 9.17) is 0 Å². The van der Waals surface area contributed by atoms with Crippen LogP contribution in [0.15, 0.2) is 60.9 Å². The highest BCUT2D eigenvalue weighted by atomic mass is 16.2. The van der Waals surface area contributed by atoms with E-state index in [-0.39, 0.29) is 17.7 Å². The second-order valence-corrected chi connectivity index (χ2v) is 5.85. The minimum atomic E-state index is -0.178. The summed E-state index contributed by atoms with van der Waals surface area (Å²) in [5, 5.41) is 0. The third-order valence-corrected chi connectivity index (χ3v) is 4.34. The molecule has 23 heavy (non-hydrogen) atoms. The quantitative estimate of drug-likeness (QED) is 0.776. The minimum Gasteiger partial charge on any atom is -0.273 e. The summed E-state index contributed by atoms with van der Waals surface area (Å²) in [4.78, 5) is 17.2. The monoisotopic (exact) mass is 307 g/mol. The number of carbonyl (C=O) groups is 1. The Morgan fingerprint density at radius 1 is 1.13 bits per heavy atom. The molecule has 0 saturated heterocycles. The highest BCUT2D eigenvalue weighted by Crippen LogP contribution is 2.27. The second kappa shape index (κ2) is 6.65. The number of carbonyl (C=O) groups excluding carboxylic acids is 1. The van der Waals surface area contributed by atoms with Crippen molar-refractivity contribution in [2.45, 2.75) is 26.2 Å². The molecular weight excluding hydrogens is 286 g/mol. The van der Waals surface area contributed by atoms with Gasteiger partial charge in [-0.3, -0.25) is 10.2 Å². The number of para-hydroxylation sites is 2. The van der Waals surface area contributed by atoms with E-state index in [1.54, 1.807) is 11.0 Å². The molecule has 3 rings (SSSR count). The van der Waals surface area contributed by atoms with Crippen molar-refractivity contribution in [3.05, 3.63) is 66.5 Å². The number of fused-ring (bicyclic) bond motifs is 1. The second-order valence-electron chi connectivity index (χ2n) is 5.85. The van der Waals surface area contributed by atoms with Crippen LogP contribution in [0.25, 0.3) is 11.0 Å². The van der Waals surface area contributed by atoms with E-state index in [0.717, 1.165) is 23.0 Å². The van der Waals surface area contributed by atoms with E-state index in [1.807, 2.05) is 54.6 Å². The lowest BCUT2D eigenvalue weighted by molar-refractivity contribution is -0.119. The van der Waals surface area contributed by atoms with Crippen LogP contribution < -0.4 is 5.43 Å². The van der Waals surface area contributed by atoms with E-state index < -0.39 is 0 Å². The van der Waals surface area contributed by atoms with Gasteiger partial charge in [0, 0.05) is 0 Å². The highest BCUT2D eigenvalue weighted by Gasteiger charge is 2.26. The molecule has 1 amide bonds. The predicted octanol–water partition coefficient (Wildman–Crippen LogP) is 3.94. The summed E-state index contributed by atoms with van der Waals surface area (Å²) in [5.41, 5.74) is 5.81. The normalized spacial score (nSPS) is 13.7. The lowest BCUT2D eigenvalue weighted by Gasteiger charge is -2.23. The number of rotatable bonds is 5. The molecule has 2 unspecified atom stereocenters. The molecular formula is C19H21N3O. The molecule has 1 N–H and O–H groups in total. The van der Waals surface area contributed by atoms with Gasteiger partial charge >= 0.3 is 0 Å². The third kappa shape index (κ3) is 3.11. The first-order valence-corrected chi connectivity index (χ1v) is 7.98. The maximum Gasteiger partial charge on any atom is 0.246 e. The van der Waals surface area contributed by atoms with E-state index in [2.05, 4.69) is 24.3 Å². The zero-order chi connectivity index (χ0) is 16.2. The fourth-order valence-electron chi connectivity index (χ4n) is 2.87. The number of hydrogen-bond donors (Lipinski definition) is 1. The smallest absolute Gasteiger partial charge is 0.246 e. The van der Waals surface area contributed by atoms with Gasteiger partial charge in [0.15, 0.2) is 0 Å². The molecule has 4 nitrogen and oxygen atoms in total. The van der Waals surface area contributed by atoms with Crippen molar-refractivity contribution in [1.82, 2.24) is 9.66 Å². The van der Waals surface area contributed by atoms with Crippen molar-refractivity contribution in [2.75, 3.05) is 5.43 Å². The van der Waals surface area contributed by atoms with Crippen molar-refractivity contribution in [3.63, 3.8) is 0 Å². The number of aromatic nitrogens is 2. The minimum absolute atomic E-state index is 0.00583. The number of imidazole rings is 1. The highest BCUT2D eigenvalue weighted by molar-refractivity contribution is 5.92. The van der Waals surface area contributed by atoms with Gasteiger partial charge in [0.1, 0.15) is 6.33 Å². The fraction of sp³-hybridized carbons (Fsp3) is 0.263. The summed E-state index contributed by atoms with van der Waals surface area (Å²) in [7, 11) is 0. The van der Waals surface area contributed by atoms with Gasteiger partial charge in [-0.05, 0) is 23.6 Å². The average molecular weight is 307 g/mol. The van der Waals surface area contributed by atoms with Crippen molar-refractivity contribution in [3.8, 4) is 0 Å². The lowest BCUT2D eigenvalue weighted by atomic mass is 9.85. The van der Waals surface area contributed by atoms with E-state index in [0.29, 0.717) is 0 Å². The van der Waals surface area contributed by atoms with Crippen LogP contribution in [0.4, 0.5) is 0 Å². The fourth-order valence-corrected chi connectivity index (χ4v) is 2.87. The van der Waals surface area contributed by atoms with Crippen molar-refractivity contribution >= 4 is 16.9 Å². The van der Waals surface area contributed by atoms with Crippen LogP contribution in [0.5, 0.6) is 0 Å². The molecule has 0 bridgehead atoms. The zero-order valence-electron chi connectivity index (χ0n) is 13.4. The first kappa shape index (κ1) is 15.3. The predicted molar refractivity (Wildman–Crippen MR) is 92.7 cm³/mol. The van der Waals surface area contributed by atoms with Crippen LogP contribution in [0, 0.1) is 5.92 Å². The van der Waals surface area contributed by atoms with Crippen LogP contribution >= 0.6 is 0 Å². The van der Waals surface area contributed by atoms with Gasteiger partial charge in [-0.1, -0.05) is 62.7 Å². The van der Waals surface area contributed by atoms with Crippen molar-refractivity contribution < 1.29 is 4.79 Å². The van der Waals surface area contributed by atoms with Gasteiger partial charge in [-0.2, -0.15) is 0 Å². The Balaban J connectivity index is 1.89. The summed E-state index contributed by atoms with van der Waals surface area (Å²) in [6, 6.07) is 17.7. The number of amides is 1. The molecule has 0 radical (unpaired) electrons. The van der Waals surface area contributed by atoms with Gasteiger partial charge < -0.3 is 0 Å². The summed E-state index contributed by atoms with van der Waals surface area (Å²) in [6.07, 6.45) is 2.60. The molecule has 0 aliphatic heterocycles. The molecule has 1 heterocycles. The molecule has 2 aromatic carbocycles. The van der Waals surface area contributed by atoms with Crippen molar-refractivity contribution in [2.24, 2.45) is 5.92 Å². The summed E-state index contributed by atoms with van der Waals surface area (Å²) in [5.74, 6) is 0.0725. The standard InChI is InChI=1S/C19H21N3O/c1-3-14(2)18(15-9-5-4-6-10-15)19(23)21-22-13-20-16-11-7-8-12-17(16)22/h4-14,18H,3H2,1-2H3,(H,21,23). The zero-order valence-corrected chi connectivity index (χ0v) is 13.4. The summed E-state index contributed by atoms with van der Waals surface area (Å²) >= 11 is 0.